The van der Waals surface area contributed by atoms with E-state index >= 15 is 0 Å². The maximum Gasteiger partial charge on any atom is 0.160 e. The van der Waals surface area contributed by atoms with Crippen LogP contribution in [0.25, 0.3) is 98.1 Å². The summed E-state index contributed by atoms with van der Waals surface area (Å²) in [7, 11) is 0. The zero-order valence-electron chi connectivity index (χ0n) is 20.7. The normalized spacial score (nSPS) is 13.1. The Bertz CT molecular complexity index is 2820. The van der Waals surface area contributed by atoms with Crippen LogP contribution in [0.1, 0.15) is 0 Å². The number of furan rings is 1. The van der Waals surface area contributed by atoms with Crippen LogP contribution < -0.4 is 0 Å². The van der Waals surface area contributed by atoms with Gasteiger partial charge in [-0.25, -0.2) is 0 Å². The second-order valence-corrected chi connectivity index (χ2v) is 10.9. The summed E-state index contributed by atoms with van der Waals surface area (Å²) in [4.78, 5) is 0. The Labute approximate surface area is 220 Å². The van der Waals surface area contributed by atoms with Gasteiger partial charge in [-0.3, -0.25) is 0 Å². The molecule has 3 heteroatoms. The van der Waals surface area contributed by atoms with Gasteiger partial charge in [0.25, 0.3) is 0 Å². The van der Waals surface area contributed by atoms with Crippen LogP contribution in [0.3, 0.4) is 0 Å². The zero-order chi connectivity index (χ0) is 25.0. The van der Waals surface area contributed by atoms with E-state index in [4.69, 9.17) is 4.42 Å². The molecule has 3 nitrogen and oxygen atoms in total. The molecule has 0 saturated heterocycles. The first-order valence-corrected chi connectivity index (χ1v) is 13.5. The maximum absolute atomic E-state index is 6.60. The number of fused-ring (bicyclic) bond motifs is 17. The first-order chi connectivity index (χ1) is 19.4. The summed E-state index contributed by atoms with van der Waals surface area (Å²) in [6, 6.07) is 39.8. The van der Waals surface area contributed by atoms with E-state index in [1.807, 2.05) is 6.07 Å². The lowest BCUT2D eigenvalue weighted by atomic mass is 10.0. The number of hydrogen-bond acceptors (Lipinski definition) is 1. The minimum absolute atomic E-state index is 0.933. The van der Waals surface area contributed by atoms with Crippen LogP contribution in [0.5, 0.6) is 0 Å². The summed E-state index contributed by atoms with van der Waals surface area (Å²) >= 11 is 0. The van der Waals surface area contributed by atoms with Crippen molar-refractivity contribution in [2.24, 2.45) is 0 Å². The molecule has 0 bridgehead atoms. The minimum atomic E-state index is 0.933. The molecule has 0 amide bonds. The summed E-state index contributed by atoms with van der Waals surface area (Å²) < 4.78 is 11.6. The molecule has 6 aromatic carbocycles. The smallest absolute Gasteiger partial charge is 0.160 e. The molecule has 5 heterocycles. The number of aromatic nitrogens is 2. The fraction of sp³-hybridized carbons (Fsp3) is 0. The molecule has 0 aliphatic heterocycles. The molecule has 0 atom stereocenters. The third-order valence-corrected chi connectivity index (χ3v) is 9.16. The highest BCUT2D eigenvalue weighted by atomic mass is 16.3. The quantitative estimate of drug-likeness (QED) is 0.206. The van der Waals surface area contributed by atoms with Gasteiger partial charge in [-0.1, -0.05) is 78.9 Å². The van der Waals surface area contributed by atoms with E-state index in [9.17, 15) is 0 Å². The summed E-state index contributed by atoms with van der Waals surface area (Å²) in [5, 5.41) is 12.7. The summed E-state index contributed by atoms with van der Waals surface area (Å²) in [6.07, 6.45) is 0. The van der Waals surface area contributed by atoms with E-state index in [1.165, 1.54) is 76.1 Å². The number of rotatable bonds is 0. The van der Waals surface area contributed by atoms with Crippen LogP contribution in [0.15, 0.2) is 114 Å². The Balaban J connectivity index is 1.52. The number of para-hydroxylation sites is 4. The van der Waals surface area contributed by atoms with Crippen LogP contribution in [0.4, 0.5) is 0 Å². The molecule has 0 fully saturated rings. The Kier molecular flexibility index (Phi) is 2.93. The predicted octanol–water partition coefficient (Wildman–Crippen LogP) is 9.89. The van der Waals surface area contributed by atoms with Gasteiger partial charge in [-0.2, -0.15) is 0 Å². The lowest BCUT2D eigenvalue weighted by Crippen LogP contribution is -1.81. The Morgan fingerprint density at radius 1 is 0.385 bits per heavy atom. The van der Waals surface area contributed by atoms with Crippen LogP contribution in [-0.2, 0) is 0 Å². The summed E-state index contributed by atoms with van der Waals surface area (Å²) in [6.45, 7) is 0. The van der Waals surface area contributed by atoms with E-state index < -0.39 is 0 Å². The number of nitrogens with zero attached hydrogens (tertiary/aromatic N) is 2. The highest BCUT2D eigenvalue weighted by molar-refractivity contribution is 6.39. The third-order valence-electron chi connectivity index (χ3n) is 9.16. The van der Waals surface area contributed by atoms with E-state index in [0.29, 0.717) is 0 Å². The predicted molar refractivity (Wildman–Crippen MR) is 163 cm³/mol. The molecule has 0 aliphatic carbocycles. The van der Waals surface area contributed by atoms with Crippen molar-refractivity contribution in [2.45, 2.75) is 0 Å². The SMILES string of the molecule is c1ccc2c(c1)oc1c2ccc2c3cc4c(c5cccc6c7ccccc7n4c65)c4c5ccccc5n(c21)c34. The molecule has 0 radical (unpaired) electrons. The van der Waals surface area contributed by atoms with Gasteiger partial charge < -0.3 is 13.2 Å². The van der Waals surface area contributed by atoms with Gasteiger partial charge in [-0.05, 0) is 30.3 Å². The molecule has 0 N–H and O–H groups in total. The van der Waals surface area contributed by atoms with Gasteiger partial charge in [0.1, 0.15) is 5.58 Å². The second kappa shape index (κ2) is 6.06. The average Bonchev–Trinajstić information content (AvgIpc) is 3.76. The van der Waals surface area contributed by atoms with Gasteiger partial charge in [0.05, 0.1) is 33.1 Å². The van der Waals surface area contributed by atoms with Crippen LogP contribution >= 0.6 is 0 Å². The van der Waals surface area contributed by atoms with Crippen molar-refractivity contribution in [1.29, 1.82) is 0 Å². The van der Waals surface area contributed by atoms with E-state index in [0.717, 1.165) is 22.1 Å². The zero-order valence-corrected chi connectivity index (χ0v) is 20.7. The molecule has 5 aromatic heterocycles. The van der Waals surface area contributed by atoms with Crippen molar-refractivity contribution in [3.05, 3.63) is 109 Å². The van der Waals surface area contributed by atoms with Crippen molar-refractivity contribution in [1.82, 2.24) is 8.80 Å². The second-order valence-electron chi connectivity index (χ2n) is 10.9. The summed E-state index contributed by atoms with van der Waals surface area (Å²) in [5.74, 6) is 0. The summed E-state index contributed by atoms with van der Waals surface area (Å²) in [5.41, 5.74) is 9.41. The van der Waals surface area contributed by atoms with Crippen molar-refractivity contribution < 1.29 is 4.42 Å². The van der Waals surface area contributed by atoms with Crippen molar-refractivity contribution >= 4 is 98.1 Å². The molecule has 0 unspecified atom stereocenters. The average molecular weight is 495 g/mol. The minimum Gasteiger partial charge on any atom is -0.454 e. The molecule has 178 valence electrons. The number of benzene rings is 6. The van der Waals surface area contributed by atoms with Gasteiger partial charge in [0.15, 0.2) is 5.58 Å². The highest BCUT2D eigenvalue weighted by Crippen LogP contribution is 2.49. The molecule has 11 rings (SSSR count). The van der Waals surface area contributed by atoms with E-state index in [-0.39, 0.29) is 0 Å². The van der Waals surface area contributed by atoms with Gasteiger partial charge >= 0.3 is 0 Å². The van der Waals surface area contributed by atoms with Crippen molar-refractivity contribution in [3.8, 4) is 0 Å². The highest BCUT2D eigenvalue weighted by Gasteiger charge is 2.26. The molecular formula is C36H18N2O. The molecule has 11 aromatic rings. The third kappa shape index (κ3) is 1.92. The Morgan fingerprint density at radius 3 is 1.95 bits per heavy atom. The van der Waals surface area contributed by atoms with Crippen molar-refractivity contribution in [2.75, 3.05) is 0 Å². The molecule has 0 spiro atoms. The van der Waals surface area contributed by atoms with Crippen LogP contribution in [0.2, 0.25) is 0 Å². The largest absolute Gasteiger partial charge is 0.454 e. The monoisotopic (exact) mass is 494 g/mol. The number of hydrogen-bond donors (Lipinski definition) is 0. The first kappa shape index (κ1) is 18.9. The Morgan fingerprint density at radius 2 is 1.05 bits per heavy atom. The lowest BCUT2D eigenvalue weighted by Gasteiger charge is -2.02. The maximum atomic E-state index is 6.60. The fourth-order valence-corrected chi connectivity index (χ4v) is 7.72. The molecule has 0 saturated carbocycles. The first-order valence-electron chi connectivity index (χ1n) is 13.5. The molecule has 39 heavy (non-hydrogen) atoms. The Hall–Kier alpha value is -5.28. The fourth-order valence-electron chi connectivity index (χ4n) is 7.72. The molecule has 0 aliphatic rings. The molecular weight excluding hydrogens is 476 g/mol. The van der Waals surface area contributed by atoms with Crippen LogP contribution in [0, 0.1) is 0 Å². The van der Waals surface area contributed by atoms with Gasteiger partial charge in [0, 0.05) is 53.9 Å². The lowest BCUT2D eigenvalue weighted by molar-refractivity contribution is 0.671. The van der Waals surface area contributed by atoms with Crippen molar-refractivity contribution in [3.63, 3.8) is 0 Å². The van der Waals surface area contributed by atoms with Crippen LogP contribution in [-0.4, -0.2) is 8.80 Å². The van der Waals surface area contributed by atoms with E-state index in [1.54, 1.807) is 0 Å². The topological polar surface area (TPSA) is 22.0 Å². The van der Waals surface area contributed by atoms with Gasteiger partial charge in [0.2, 0.25) is 0 Å². The standard InChI is InChI=1S/C36H18N2O/c1-4-13-27-19(8-1)21-11-7-12-25-31-29(37(27)33(21)25)18-26-22-16-17-23-20-9-3-6-15-30(20)39-36(23)35(22)38-28-14-5-2-10-24(28)32(31)34(26)38/h1-18H. The van der Waals surface area contributed by atoms with Gasteiger partial charge in [-0.15, -0.1) is 0 Å². The van der Waals surface area contributed by atoms with E-state index in [2.05, 4.69) is 112 Å².